The molecule has 0 aliphatic carbocycles. The predicted octanol–water partition coefficient (Wildman–Crippen LogP) is 4.06. The minimum atomic E-state index is 0.530. The molecule has 1 N–H and O–H groups in total. The summed E-state index contributed by atoms with van der Waals surface area (Å²) in [4.78, 5) is 2.50. The third kappa shape index (κ3) is 4.45. The number of nitrogens with one attached hydrogen (secondary N) is 1. The van der Waals surface area contributed by atoms with Crippen LogP contribution in [0.3, 0.4) is 0 Å². The minimum Gasteiger partial charge on any atom is -0.313 e. The van der Waals surface area contributed by atoms with E-state index in [1.807, 2.05) is 6.07 Å². The van der Waals surface area contributed by atoms with Crippen LogP contribution in [0.15, 0.2) is 22.7 Å². The van der Waals surface area contributed by atoms with Gasteiger partial charge in [0.15, 0.2) is 0 Å². The average Bonchev–Trinajstić information content (AvgIpc) is 2.84. The normalized spacial score (nSPS) is 19.6. The second-order valence-electron chi connectivity index (χ2n) is 5.55. The van der Waals surface area contributed by atoms with Crippen LogP contribution in [0, 0.1) is 0 Å². The van der Waals surface area contributed by atoms with E-state index in [2.05, 4.69) is 52.1 Å². The Morgan fingerprint density at radius 2 is 2.26 bits per heavy atom. The van der Waals surface area contributed by atoms with Gasteiger partial charge in [0, 0.05) is 34.7 Å². The number of rotatable bonds is 5. The molecule has 1 aliphatic rings. The first-order valence-electron chi connectivity index (χ1n) is 6.97. The molecule has 1 unspecified atom stereocenters. The maximum absolute atomic E-state index is 6.32. The Kier molecular flexibility index (Phi) is 5.70. The zero-order valence-corrected chi connectivity index (χ0v) is 14.0. The summed E-state index contributed by atoms with van der Waals surface area (Å²) < 4.78 is 1.04. The van der Waals surface area contributed by atoms with Crippen LogP contribution < -0.4 is 5.32 Å². The predicted molar refractivity (Wildman–Crippen MR) is 85.7 cm³/mol. The molecule has 1 aromatic rings. The molecule has 0 aromatic heterocycles. The van der Waals surface area contributed by atoms with E-state index in [0.29, 0.717) is 12.1 Å². The minimum absolute atomic E-state index is 0.530. The van der Waals surface area contributed by atoms with E-state index >= 15 is 0 Å². The molecule has 2 nitrogen and oxygen atoms in total. The lowest BCUT2D eigenvalue weighted by atomic mass is 10.1. The van der Waals surface area contributed by atoms with Crippen molar-refractivity contribution < 1.29 is 0 Å². The lowest BCUT2D eigenvalue weighted by molar-refractivity contribution is 0.194. The van der Waals surface area contributed by atoms with E-state index in [1.54, 1.807) is 0 Å². The van der Waals surface area contributed by atoms with Gasteiger partial charge in [0.1, 0.15) is 0 Å². The van der Waals surface area contributed by atoms with Crippen molar-refractivity contribution in [2.45, 2.75) is 45.3 Å². The molecule has 4 heteroatoms. The second-order valence-corrected chi connectivity index (χ2v) is 6.88. The summed E-state index contributed by atoms with van der Waals surface area (Å²) in [6.07, 6.45) is 2.59. The Balaban J connectivity index is 2.02. The summed E-state index contributed by atoms with van der Waals surface area (Å²) in [5, 5.41) is 4.42. The summed E-state index contributed by atoms with van der Waals surface area (Å²) in [6, 6.07) is 7.32. The molecule has 1 heterocycles. The molecule has 19 heavy (non-hydrogen) atoms. The molecule has 1 fully saturated rings. The molecule has 0 radical (unpaired) electrons. The molecule has 1 saturated heterocycles. The van der Waals surface area contributed by atoms with Crippen molar-refractivity contribution in [3.63, 3.8) is 0 Å². The highest BCUT2D eigenvalue weighted by atomic mass is 79.9. The van der Waals surface area contributed by atoms with E-state index in [0.717, 1.165) is 29.1 Å². The van der Waals surface area contributed by atoms with Crippen LogP contribution >= 0.6 is 27.5 Å². The largest absolute Gasteiger partial charge is 0.313 e. The quantitative estimate of drug-likeness (QED) is 0.865. The van der Waals surface area contributed by atoms with Crippen LogP contribution in [0.1, 0.15) is 32.3 Å². The van der Waals surface area contributed by atoms with E-state index in [-0.39, 0.29) is 0 Å². The lowest BCUT2D eigenvalue weighted by Gasteiger charge is -2.29. The monoisotopic (exact) mass is 344 g/mol. The highest BCUT2D eigenvalue weighted by Crippen LogP contribution is 2.23. The van der Waals surface area contributed by atoms with E-state index in [9.17, 15) is 0 Å². The molecular formula is C15H22BrClN2. The summed E-state index contributed by atoms with van der Waals surface area (Å²) in [5.74, 6) is 0. The van der Waals surface area contributed by atoms with Crippen molar-refractivity contribution in [2.75, 3.05) is 13.1 Å². The Morgan fingerprint density at radius 1 is 1.47 bits per heavy atom. The summed E-state index contributed by atoms with van der Waals surface area (Å²) >= 11 is 9.78. The third-order valence-electron chi connectivity index (χ3n) is 3.74. The zero-order valence-electron chi connectivity index (χ0n) is 11.6. The Bertz CT molecular complexity index is 417. The highest BCUT2D eigenvalue weighted by molar-refractivity contribution is 9.10. The SMILES string of the molecule is CC(C)N(Cc1ccc(Br)cc1Cl)CC1CCCN1. The second kappa shape index (κ2) is 7.07. The number of benzene rings is 1. The average molecular weight is 346 g/mol. The first-order valence-corrected chi connectivity index (χ1v) is 8.14. The van der Waals surface area contributed by atoms with Crippen LogP contribution in [-0.2, 0) is 6.54 Å². The molecule has 0 saturated carbocycles. The van der Waals surface area contributed by atoms with Gasteiger partial charge in [0.25, 0.3) is 0 Å². The number of hydrogen-bond donors (Lipinski definition) is 1. The fourth-order valence-electron chi connectivity index (χ4n) is 2.52. The Labute approximate surface area is 129 Å². The first kappa shape index (κ1) is 15.3. The van der Waals surface area contributed by atoms with Gasteiger partial charge in [-0.3, -0.25) is 4.90 Å². The van der Waals surface area contributed by atoms with Crippen LogP contribution in [0.2, 0.25) is 5.02 Å². The zero-order chi connectivity index (χ0) is 13.8. The maximum Gasteiger partial charge on any atom is 0.0462 e. The van der Waals surface area contributed by atoms with Gasteiger partial charge in [-0.15, -0.1) is 0 Å². The number of nitrogens with zero attached hydrogens (tertiary/aromatic N) is 1. The van der Waals surface area contributed by atoms with Gasteiger partial charge in [-0.25, -0.2) is 0 Å². The fraction of sp³-hybridized carbons (Fsp3) is 0.600. The van der Waals surface area contributed by atoms with Crippen LogP contribution in [0.5, 0.6) is 0 Å². The van der Waals surface area contributed by atoms with Crippen LogP contribution in [0.4, 0.5) is 0 Å². The summed E-state index contributed by atoms with van der Waals surface area (Å²) in [6.45, 7) is 7.69. The third-order valence-corrected chi connectivity index (χ3v) is 4.58. The van der Waals surface area contributed by atoms with Crippen LogP contribution in [0.25, 0.3) is 0 Å². The van der Waals surface area contributed by atoms with Crippen molar-refractivity contribution in [3.05, 3.63) is 33.3 Å². The number of halogens is 2. The molecule has 2 rings (SSSR count). The van der Waals surface area contributed by atoms with Crippen molar-refractivity contribution in [3.8, 4) is 0 Å². The van der Waals surface area contributed by atoms with Crippen molar-refractivity contribution in [2.24, 2.45) is 0 Å². The van der Waals surface area contributed by atoms with Gasteiger partial charge >= 0.3 is 0 Å². The lowest BCUT2D eigenvalue weighted by Crippen LogP contribution is -2.40. The Hall–Kier alpha value is -0.0900. The van der Waals surface area contributed by atoms with E-state index < -0.39 is 0 Å². The van der Waals surface area contributed by atoms with Crippen LogP contribution in [-0.4, -0.2) is 30.1 Å². The van der Waals surface area contributed by atoms with Gasteiger partial charge in [0.05, 0.1) is 0 Å². The van der Waals surface area contributed by atoms with Crippen molar-refractivity contribution in [1.82, 2.24) is 10.2 Å². The Morgan fingerprint density at radius 3 is 2.84 bits per heavy atom. The van der Waals surface area contributed by atoms with Gasteiger partial charge in [-0.05, 0) is 50.9 Å². The van der Waals surface area contributed by atoms with E-state index in [4.69, 9.17) is 11.6 Å². The molecule has 1 aromatic carbocycles. The highest BCUT2D eigenvalue weighted by Gasteiger charge is 2.20. The molecule has 0 spiro atoms. The smallest absolute Gasteiger partial charge is 0.0462 e. The molecule has 0 bridgehead atoms. The molecule has 0 amide bonds. The number of hydrogen-bond acceptors (Lipinski definition) is 2. The summed E-state index contributed by atoms with van der Waals surface area (Å²) in [5.41, 5.74) is 1.21. The van der Waals surface area contributed by atoms with Gasteiger partial charge in [-0.1, -0.05) is 33.6 Å². The standard InChI is InChI=1S/C15H22BrClN2/c1-11(2)19(10-14-4-3-7-18-14)9-12-5-6-13(16)8-15(12)17/h5-6,8,11,14,18H,3-4,7,9-10H2,1-2H3. The molecular weight excluding hydrogens is 324 g/mol. The van der Waals surface area contributed by atoms with Crippen molar-refractivity contribution in [1.29, 1.82) is 0 Å². The first-order chi connectivity index (χ1) is 9.06. The van der Waals surface area contributed by atoms with E-state index in [1.165, 1.54) is 18.4 Å². The van der Waals surface area contributed by atoms with Gasteiger partial charge < -0.3 is 5.32 Å². The molecule has 1 atom stereocenters. The fourth-order valence-corrected chi connectivity index (χ4v) is 3.26. The summed E-state index contributed by atoms with van der Waals surface area (Å²) in [7, 11) is 0. The topological polar surface area (TPSA) is 15.3 Å². The molecule has 106 valence electrons. The van der Waals surface area contributed by atoms with Gasteiger partial charge in [0.2, 0.25) is 0 Å². The maximum atomic E-state index is 6.32. The molecule has 1 aliphatic heterocycles. The van der Waals surface area contributed by atoms with Crippen molar-refractivity contribution >= 4 is 27.5 Å². The van der Waals surface area contributed by atoms with Gasteiger partial charge in [-0.2, -0.15) is 0 Å².